The molecular weight excluding hydrogens is 595 g/mol. The maximum atomic E-state index is 3.86. The van der Waals surface area contributed by atoms with Crippen molar-refractivity contribution in [1.29, 1.82) is 0 Å². The van der Waals surface area contributed by atoms with Gasteiger partial charge in [-0.1, -0.05) is 130 Å². The van der Waals surface area contributed by atoms with Crippen molar-refractivity contribution in [2.45, 2.75) is 26.2 Å². The maximum Gasteiger partial charge on any atom is 0.0785 e. The Balaban J connectivity index is 1.38. The normalized spacial score (nSPS) is 14.3. The number of aromatic amines is 1. The second kappa shape index (κ2) is 11.0. The molecule has 0 fully saturated rings. The van der Waals surface area contributed by atoms with E-state index in [1.165, 1.54) is 77.2 Å². The monoisotopic (exact) mass is 631 g/mol. The van der Waals surface area contributed by atoms with Crippen LogP contribution in [0.1, 0.15) is 37.5 Å². The Hall–Kier alpha value is -6.06. The molecule has 49 heavy (non-hydrogen) atoms. The topological polar surface area (TPSA) is 24.0 Å². The number of para-hydroxylation sites is 3. The maximum absolute atomic E-state index is 3.86. The Bertz CT molecular complexity index is 2640. The summed E-state index contributed by atoms with van der Waals surface area (Å²) in [6.45, 7) is 10.7. The van der Waals surface area contributed by atoms with E-state index in [0.717, 1.165) is 11.4 Å². The molecular formula is C46H37N3. The van der Waals surface area contributed by atoms with E-state index in [0.29, 0.717) is 0 Å². The molecule has 1 aliphatic rings. The van der Waals surface area contributed by atoms with Crippen LogP contribution in [0, 0.1) is 0 Å². The lowest BCUT2D eigenvalue weighted by atomic mass is 9.72. The van der Waals surface area contributed by atoms with Gasteiger partial charge in [0.25, 0.3) is 0 Å². The first kappa shape index (κ1) is 29.1. The summed E-state index contributed by atoms with van der Waals surface area (Å²) in [5.41, 5.74) is 14.1. The molecule has 0 atom stereocenters. The fraction of sp³-hybridized carbons (Fsp3) is 0.0870. The van der Waals surface area contributed by atoms with Crippen molar-refractivity contribution in [1.82, 2.24) is 9.55 Å². The van der Waals surface area contributed by atoms with Gasteiger partial charge in [-0.25, -0.2) is 0 Å². The van der Waals surface area contributed by atoms with Crippen molar-refractivity contribution in [3.8, 4) is 5.69 Å². The standard InChI is InChI=1S/C46H37N3/c1-5-7-15-30(6-2)31-22-24-33(25-23-31)48-40-21-14-12-19-35(40)37-26-28-38-45(44(37)48)49(32-16-9-8-10-17-32)41-29-27-36-34-18-11-13-20-39(34)47-43(36)42(41)46(38,3)4/h5-29,47H,1H2,2-4H3/b15-7-,30-6+. The van der Waals surface area contributed by atoms with E-state index in [1.54, 1.807) is 0 Å². The number of hydrogen-bond donors (Lipinski definition) is 1. The highest BCUT2D eigenvalue weighted by Crippen LogP contribution is 2.57. The first-order chi connectivity index (χ1) is 24.0. The van der Waals surface area contributed by atoms with Gasteiger partial charge in [-0.2, -0.15) is 0 Å². The van der Waals surface area contributed by atoms with Gasteiger partial charge < -0.3 is 14.5 Å². The number of anilines is 3. The van der Waals surface area contributed by atoms with Crippen molar-refractivity contribution in [3.05, 3.63) is 175 Å². The van der Waals surface area contributed by atoms with Gasteiger partial charge in [-0.3, -0.25) is 0 Å². The van der Waals surface area contributed by atoms with Crippen molar-refractivity contribution in [3.63, 3.8) is 0 Å². The molecule has 9 rings (SSSR count). The minimum atomic E-state index is -0.298. The van der Waals surface area contributed by atoms with Gasteiger partial charge in [0.15, 0.2) is 0 Å². The third kappa shape index (κ3) is 4.22. The summed E-state index contributed by atoms with van der Waals surface area (Å²) >= 11 is 0. The summed E-state index contributed by atoms with van der Waals surface area (Å²) in [5, 5.41) is 5.01. The van der Waals surface area contributed by atoms with E-state index in [9.17, 15) is 0 Å². The van der Waals surface area contributed by atoms with Gasteiger partial charge in [0.05, 0.1) is 27.9 Å². The lowest BCUT2D eigenvalue weighted by Gasteiger charge is -2.42. The zero-order valence-electron chi connectivity index (χ0n) is 28.0. The van der Waals surface area contributed by atoms with Crippen LogP contribution in [-0.4, -0.2) is 9.55 Å². The highest BCUT2D eigenvalue weighted by Gasteiger charge is 2.41. The molecule has 0 radical (unpaired) electrons. The highest BCUT2D eigenvalue weighted by atomic mass is 15.2. The molecule has 1 aliphatic heterocycles. The Morgan fingerprint density at radius 1 is 0.694 bits per heavy atom. The number of nitrogens with one attached hydrogen (secondary N) is 1. The van der Waals surface area contributed by atoms with Crippen molar-refractivity contribution in [2.75, 3.05) is 4.90 Å². The van der Waals surface area contributed by atoms with Crippen LogP contribution >= 0.6 is 0 Å². The number of fused-ring (bicyclic) bond motifs is 10. The number of H-pyrrole nitrogens is 1. The fourth-order valence-electron chi connectivity index (χ4n) is 8.20. The van der Waals surface area contributed by atoms with Crippen molar-refractivity contribution >= 4 is 66.2 Å². The van der Waals surface area contributed by atoms with Crippen LogP contribution in [0.5, 0.6) is 0 Å². The van der Waals surface area contributed by atoms with Gasteiger partial charge in [0.2, 0.25) is 0 Å². The summed E-state index contributed by atoms with van der Waals surface area (Å²) in [6.07, 6.45) is 8.07. The molecule has 3 heterocycles. The predicted molar refractivity (Wildman–Crippen MR) is 210 cm³/mol. The second-order valence-electron chi connectivity index (χ2n) is 13.4. The molecule has 236 valence electrons. The van der Waals surface area contributed by atoms with E-state index in [-0.39, 0.29) is 5.41 Å². The van der Waals surface area contributed by atoms with E-state index in [2.05, 4.69) is 181 Å². The Morgan fingerprint density at radius 3 is 2.18 bits per heavy atom. The molecule has 6 aromatic carbocycles. The third-order valence-corrected chi connectivity index (χ3v) is 10.4. The van der Waals surface area contributed by atoms with E-state index in [1.807, 2.05) is 12.2 Å². The average molecular weight is 632 g/mol. The number of aromatic nitrogens is 2. The molecule has 0 saturated carbocycles. The molecule has 0 unspecified atom stereocenters. The molecule has 0 saturated heterocycles. The largest absolute Gasteiger partial charge is 0.354 e. The van der Waals surface area contributed by atoms with Crippen molar-refractivity contribution in [2.24, 2.45) is 0 Å². The van der Waals surface area contributed by atoms with Gasteiger partial charge >= 0.3 is 0 Å². The van der Waals surface area contributed by atoms with Crippen molar-refractivity contribution < 1.29 is 0 Å². The quantitative estimate of drug-likeness (QED) is 0.188. The minimum Gasteiger partial charge on any atom is -0.354 e. The first-order valence-corrected chi connectivity index (χ1v) is 17.0. The van der Waals surface area contributed by atoms with E-state index >= 15 is 0 Å². The van der Waals surface area contributed by atoms with Crippen LogP contribution in [0.15, 0.2) is 158 Å². The number of allylic oxidation sites excluding steroid dienone is 5. The number of rotatable bonds is 5. The Labute approximate surface area is 286 Å². The smallest absolute Gasteiger partial charge is 0.0785 e. The van der Waals surface area contributed by atoms with E-state index < -0.39 is 0 Å². The lowest BCUT2D eigenvalue weighted by molar-refractivity contribution is 0.638. The van der Waals surface area contributed by atoms with Crippen LogP contribution in [0.2, 0.25) is 0 Å². The summed E-state index contributed by atoms with van der Waals surface area (Å²) in [4.78, 5) is 6.35. The van der Waals surface area contributed by atoms with Crippen LogP contribution in [0.4, 0.5) is 17.1 Å². The summed E-state index contributed by atoms with van der Waals surface area (Å²) in [5.74, 6) is 0. The van der Waals surface area contributed by atoms with Gasteiger partial charge in [-0.15, -0.1) is 0 Å². The summed E-state index contributed by atoms with van der Waals surface area (Å²) in [6, 6.07) is 46.7. The van der Waals surface area contributed by atoms with Gasteiger partial charge in [0, 0.05) is 49.4 Å². The number of nitrogens with zero attached hydrogens (tertiary/aromatic N) is 2. The molecule has 1 N–H and O–H groups in total. The minimum absolute atomic E-state index is 0.298. The summed E-state index contributed by atoms with van der Waals surface area (Å²) < 4.78 is 2.47. The molecule has 2 aromatic heterocycles. The molecule has 8 aromatic rings. The van der Waals surface area contributed by atoms with Crippen LogP contribution in [0.25, 0.3) is 54.9 Å². The molecule has 0 bridgehead atoms. The lowest BCUT2D eigenvalue weighted by Crippen LogP contribution is -2.31. The number of hydrogen-bond acceptors (Lipinski definition) is 1. The van der Waals surface area contributed by atoms with Crippen LogP contribution < -0.4 is 4.90 Å². The van der Waals surface area contributed by atoms with Gasteiger partial charge in [0.1, 0.15) is 0 Å². The Morgan fingerprint density at radius 2 is 1.41 bits per heavy atom. The fourth-order valence-corrected chi connectivity index (χ4v) is 8.20. The Kier molecular flexibility index (Phi) is 6.53. The second-order valence-corrected chi connectivity index (χ2v) is 13.4. The van der Waals surface area contributed by atoms with Crippen LogP contribution in [0.3, 0.4) is 0 Å². The van der Waals surface area contributed by atoms with E-state index in [4.69, 9.17) is 0 Å². The third-order valence-electron chi connectivity index (χ3n) is 10.4. The summed E-state index contributed by atoms with van der Waals surface area (Å²) in [7, 11) is 0. The predicted octanol–water partition coefficient (Wildman–Crippen LogP) is 12.7. The zero-order valence-corrected chi connectivity index (χ0v) is 28.0. The van der Waals surface area contributed by atoms with Gasteiger partial charge in [-0.05, 0) is 66.1 Å². The molecule has 0 spiro atoms. The first-order valence-electron chi connectivity index (χ1n) is 17.0. The molecule has 3 heteroatoms. The number of benzene rings is 6. The molecule has 0 amide bonds. The highest BCUT2D eigenvalue weighted by molar-refractivity contribution is 6.17. The zero-order chi connectivity index (χ0) is 33.3. The molecule has 0 aliphatic carbocycles. The average Bonchev–Trinajstić information content (AvgIpc) is 3.68. The SMILES string of the molecule is C=C/C=C\C(=C/C)c1ccc(-n2c3ccccc3c3ccc4c(c32)N(c2ccccc2)c2ccc3c([nH]c5ccccc53)c2C4(C)C)cc1. The molecule has 3 nitrogen and oxygen atoms in total. The van der Waals surface area contributed by atoms with Crippen LogP contribution in [-0.2, 0) is 5.41 Å².